The molecule has 0 spiro atoms. The largest absolute Gasteiger partial charge is 0.509 e. The van der Waals surface area contributed by atoms with E-state index in [4.69, 9.17) is 9.72 Å². The Labute approximate surface area is 478 Å². The van der Waals surface area contributed by atoms with Gasteiger partial charge in [-0.2, -0.15) is 12.1 Å². The smallest absolute Gasteiger partial charge is 0.135 e. The zero-order valence-corrected chi connectivity index (χ0v) is 49.2. The number of ether oxygens (including phenoxy) is 1. The van der Waals surface area contributed by atoms with E-state index in [-0.39, 0.29) is 50.2 Å². The van der Waals surface area contributed by atoms with E-state index >= 15 is 0 Å². The number of aromatic nitrogens is 2. The molecule has 0 saturated carbocycles. The summed E-state index contributed by atoms with van der Waals surface area (Å²) < 4.78 is 9.05. The number of rotatable bonds is 14. The van der Waals surface area contributed by atoms with Gasteiger partial charge in [-0.1, -0.05) is 203 Å². The van der Waals surface area contributed by atoms with Gasteiger partial charge in [0, 0.05) is 72.2 Å². The zero-order chi connectivity index (χ0) is 53.8. The second kappa shape index (κ2) is 21.6. The van der Waals surface area contributed by atoms with E-state index in [1.807, 2.05) is 18.3 Å². The second-order valence-corrected chi connectivity index (χ2v) is 23.3. The van der Waals surface area contributed by atoms with Crippen molar-refractivity contribution in [3.8, 4) is 28.4 Å². The molecule has 1 aliphatic heterocycles. The van der Waals surface area contributed by atoms with Gasteiger partial charge in [0.25, 0.3) is 0 Å². The van der Waals surface area contributed by atoms with E-state index in [1.165, 1.54) is 44.6 Å². The Hall–Kier alpha value is -7.20. The number of anilines is 4. The van der Waals surface area contributed by atoms with Crippen LogP contribution in [0.15, 0.2) is 200 Å². The fraction of sp³-hybridized carbons (Fsp3) is 0.250. The second-order valence-electron chi connectivity index (χ2n) is 23.3. The van der Waals surface area contributed by atoms with Crippen molar-refractivity contribution in [1.82, 2.24) is 9.55 Å². The van der Waals surface area contributed by atoms with Crippen molar-refractivity contribution in [2.75, 3.05) is 9.80 Å². The molecule has 6 heteroatoms. The monoisotopic (exact) mass is 1200 g/mol. The first-order valence-corrected chi connectivity index (χ1v) is 27.6. The Morgan fingerprint density at radius 1 is 0.474 bits per heavy atom. The maximum Gasteiger partial charge on any atom is 0.135 e. The van der Waals surface area contributed by atoms with E-state index in [9.17, 15) is 0 Å². The molecule has 0 fully saturated rings. The molecule has 3 heterocycles. The van der Waals surface area contributed by atoms with Crippen LogP contribution in [0, 0.1) is 42.5 Å². The molecule has 0 unspecified atom stereocenters. The van der Waals surface area contributed by atoms with E-state index in [0.29, 0.717) is 11.5 Å². The third-order valence-electron chi connectivity index (χ3n) is 16.8. The van der Waals surface area contributed by atoms with Gasteiger partial charge in [-0.25, -0.2) is 4.98 Å². The zero-order valence-electron chi connectivity index (χ0n) is 47.0. The summed E-state index contributed by atoms with van der Waals surface area (Å²) in [5.74, 6) is 2.90. The molecular formula is C72H71N4OPt-3. The first-order valence-electron chi connectivity index (χ1n) is 27.6. The van der Waals surface area contributed by atoms with Gasteiger partial charge in [0.1, 0.15) is 5.82 Å². The van der Waals surface area contributed by atoms with Gasteiger partial charge in [-0.15, -0.1) is 48.1 Å². The molecule has 10 aromatic rings. The van der Waals surface area contributed by atoms with Crippen LogP contribution in [-0.2, 0) is 37.3 Å². The maximum absolute atomic E-state index is 6.84. The van der Waals surface area contributed by atoms with E-state index in [2.05, 4.69) is 291 Å². The Kier molecular flexibility index (Phi) is 15.0. The number of pyridine rings is 1. The molecule has 0 radical (unpaired) electrons. The summed E-state index contributed by atoms with van der Waals surface area (Å²) >= 11 is 0. The van der Waals surface area contributed by atoms with E-state index in [1.54, 1.807) is 0 Å². The maximum atomic E-state index is 6.84. The Morgan fingerprint density at radius 2 is 1.00 bits per heavy atom. The summed E-state index contributed by atoms with van der Waals surface area (Å²) in [6.45, 7) is 28.4. The van der Waals surface area contributed by atoms with Gasteiger partial charge in [-0.3, -0.25) is 0 Å². The average molecular weight is 1200 g/mol. The van der Waals surface area contributed by atoms with Crippen molar-refractivity contribution in [3.63, 3.8) is 0 Å². The SMILES string of the molecule is CC(C)C(c1ccccc1)(c1cc(-c2ccccc2)cc(C(c2ccccc2)(C(C)C)C(C)C)c1N1[CH-]N(c2[c-]c(Oc3[c-]c4c(cc3)c3ccccc3n4-c3cc(C(C)(C)C)ccn3)ccc2)c2ccccc21)C(C)C.[Pt]. The first-order chi connectivity index (χ1) is 37.1. The van der Waals surface area contributed by atoms with Gasteiger partial charge in [0.15, 0.2) is 0 Å². The molecule has 11 rings (SSSR count). The van der Waals surface area contributed by atoms with Crippen LogP contribution in [0.25, 0.3) is 38.8 Å². The summed E-state index contributed by atoms with van der Waals surface area (Å²) in [7, 11) is 0. The van der Waals surface area contributed by atoms with Crippen molar-refractivity contribution in [3.05, 3.63) is 247 Å². The fourth-order valence-electron chi connectivity index (χ4n) is 13.4. The molecular weight excluding hydrogens is 1130 g/mol. The molecule has 1 aliphatic rings. The minimum Gasteiger partial charge on any atom is -0.509 e. The van der Waals surface area contributed by atoms with Crippen LogP contribution in [0.5, 0.6) is 11.5 Å². The standard InChI is InChI=1S/C72H71N4O.Pt/c1-48(2)71(49(3)4,54-28-17-13-18-29-54)62-42-53(52-26-15-12-16-27-52)43-63(72(50(5)6,51(7)8)55-30-19-14-20-31-55)69(62)75-47-74(65-36-23-24-37-66(65)75)57-32-25-33-58(45-57)77-59-38-39-61-60-34-21-22-35-64(60)76(67(61)46-59)68-44-56(40-41-73-68)70(9,10)11;/h12-44,47-51H,1-11H3;/q-3;. The number of para-hydroxylation sites is 3. The van der Waals surface area contributed by atoms with Gasteiger partial charge in [-0.05, 0) is 116 Å². The van der Waals surface area contributed by atoms with Crippen molar-refractivity contribution < 1.29 is 25.8 Å². The number of benzene rings is 8. The van der Waals surface area contributed by atoms with Crippen LogP contribution in [0.2, 0.25) is 0 Å². The van der Waals surface area contributed by atoms with Crippen molar-refractivity contribution in [2.24, 2.45) is 23.7 Å². The van der Waals surface area contributed by atoms with E-state index < -0.39 is 10.8 Å². The Balaban J connectivity index is 0.00000688. The van der Waals surface area contributed by atoms with E-state index in [0.717, 1.165) is 44.7 Å². The van der Waals surface area contributed by atoms with Crippen LogP contribution < -0.4 is 14.5 Å². The summed E-state index contributed by atoms with van der Waals surface area (Å²) in [4.78, 5) is 9.73. The molecule has 0 N–H and O–H groups in total. The Bertz CT molecular complexity index is 3620. The molecule has 0 atom stereocenters. The molecule has 398 valence electrons. The van der Waals surface area contributed by atoms with Crippen LogP contribution in [-0.4, -0.2) is 9.55 Å². The number of hydrogen-bond acceptors (Lipinski definition) is 4. The quantitative estimate of drug-likeness (QED) is 0.102. The molecule has 78 heavy (non-hydrogen) atoms. The summed E-state index contributed by atoms with van der Waals surface area (Å²) in [5.41, 5.74) is 14.2. The third kappa shape index (κ3) is 9.16. The van der Waals surface area contributed by atoms with Crippen LogP contribution >= 0.6 is 0 Å². The van der Waals surface area contributed by atoms with Crippen molar-refractivity contribution >= 4 is 44.6 Å². The minimum atomic E-state index is -0.419. The number of fused-ring (bicyclic) bond motifs is 4. The topological polar surface area (TPSA) is 33.5 Å². The molecule has 2 aromatic heterocycles. The third-order valence-corrected chi connectivity index (χ3v) is 16.8. The van der Waals surface area contributed by atoms with Gasteiger partial charge < -0.3 is 19.1 Å². The fourth-order valence-corrected chi connectivity index (χ4v) is 13.4. The predicted molar refractivity (Wildman–Crippen MR) is 322 cm³/mol. The molecule has 0 saturated heterocycles. The number of hydrogen-bond donors (Lipinski definition) is 0. The molecule has 8 aromatic carbocycles. The normalized spacial score (nSPS) is 13.1. The van der Waals surface area contributed by atoms with Crippen LogP contribution in [0.3, 0.4) is 0 Å². The molecule has 0 bridgehead atoms. The summed E-state index contributed by atoms with van der Waals surface area (Å²) in [6.07, 6.45) is 1.91. The van der Waals surface area contributed by atoms with Crippen LogP contribution in [0.1, 0.15) is 104 Å². The number of nitrogens with zero attached hydrogens (tertiary/aromatic N) is 4. The van der Waals surface area contributed by atoms with Crippen molar-refractivity contribution in [2.45, 2.75) is 92.4 Å². The minimum absolute atomic E-state index is 0. The average Bonchev–Trinajstić information content (AvgIpc) is 3.82. The Morgan fingerprint density at radius 3 is 1.58 bits per heavy atom. The summed E-state index contributed by atoms with van der Waals surface area (Å²) in [6, 6.07) is 78.1. The van der Waals surface area contributed by atoms with Crippen LogP contribution in [0.4, 0.5) is 22.7 Å². The van der Waals surface area contributed by atoms with Gasteiger partial charge in [0.2, 0.25) is 0 Å². The van der Waals surface area contributed by atoms with Gasteiger partial charge >= 0.3 is 0 Å². The molecule has 0 aliphatic carbocycles. The predicted octanol–water partition coefficient (Wildman–Crippen LogP) is 19.1. The summed E-state index contributed by atoms with van der Waals surface area (Å²) in [5, 5.41) is 2.23. The molecule has 5 nitrogen and oxygen atoms in total. The first kappa shape index (κ1) is 54.2. The van der Waals surface area contributed by atoms with Crippen molar-refractivity contribution in [1.29, 1.82) is 0 Å². The molecule has 0 amide bonds. The van der Waals surface area contributed by atoms with Gasteiger partial charge in [0.05, 0.1) is 0 Å².